The molecular formula is C22H21ClO. The topological polar surface area (TPSA) is 17.1 Å². The van der Waals surface area contributed by atoms with E-state index in [1.54, 1.807) is 0 Å². The fourth-order valence-electron chi connectivity index (χ4n) is 3.34. The first kappa shape index (κ1) is 16.7. The highest BCUT2D eigenvalue weighted by Crippen LogP contribution is 2.39. The standard InChI is InChI=1S/C22H21ClO/c1-22(18-10-3-2-4-11-18)14-8-7-12-19(22)16-20(24)15-17-9-5-6-13-21(17)23/h2-14,19H,15-16H2,1H3. The molecule has 122 valence electrons. The van der Waals surface area contributed by atoms with Crippen LogP contribution in [0.5, 0.6) is 0 Å². The van der Waals surface area contributed by atoms with Crippen molar-refractivity contribution >= 4 is 17.4 Å². The second-order valence-corrected chi connectivity index (χ2v) is 6.92. The van der Waals surface area contributed by atoms with E-state index in [0.29, 0.717) is 17.9 Å². The molecule has 0 aromatic heterocycles. The van der Waals surface area contributed by atoms with E-state index in [9.17, 15) is 4.79 Å². The van der Waals surface area contributed by atoms with E-state index >= 15 is 0 Å². The summed E-state index contributed by atoms with van der Waals surface area (Å²) in [6.45, 7) is 2.20. The Morgan fingerprint density at radius 3 is 2.50 bits per heavy atom. The highest BCUT2D eigenvalue weighted by molar-refractivity contribution is 6.31. The van der Waals surface area contributed by atoms with Gasteiger partial charge in [0.25, 0.3) is 0 Å². The monoisotopic (exact) mass is 336 g/mol. The van der Waals surface area contributed by atoms with Gasteiger partial charge in [-0.2, -0.15) is 0 Å². The van der Waals surface area contributed by atoms with Crippen LogP contribution in [0.2, 0.25) is 5.02 Å². The zero-order valence-electron chi connectivity index (χ0n) is 13.8. The van der Waals surface area contributed by atoms with E-state index in [1.165, 1.54) is 5.56 Å². The lowest BCUT2D eigenvalue weighted by molar-refractivity contribution is -0.119. The van der Waals surface area contributed by atoms with Crippen molar-refractivity contribution in [2.45, 2.75) is 25.2 Å². The van der Waals surface area contributed by atoms with Crippen LogP contribution in [0, 0.1) is 5.92 Å². The van der Waals surface area contributed by atoms with Gasteiger partial charge in [0.1, 0.15) is 5.78 Å². The second kappa shape index (κ2) is 7.19. The van der Waals surface area contributed by atoms with Crippen LogP contribution >= 0.6 is 11.6 Å². The molecule has 2 heteroatoms. The molecule has 0 amide bonds. The Kier molecular flexibility index (Phi) is 5.01. The highest BCUT2D eigenvalue weighted by Gasteiger charge is 2.34. The molecule has 2 aromatic carbocycles. The van der Waals surface area contributed by atoms with Crippen molar-refractivity contribution in [2.24, 2.45) is 5.92 Å². The first-order chi connectivity index (χ1) is 11.6. The van der Waals surface area contributed by atoms with Gasteiger partial charge < -0.3 is 0 Å². The lowest BCUT2D eigenvalue weighted by Gasteiger charge is -2.35. The maximum atomic E-state index is 12.6. The van der Waals surface area contributed by atoms with Crippen molar-refractivity contribution in [3.05, 3.63) is 95.1 Å². The van der Waals surface area contributed by atoms with Crippen molar-refractivity contribution in [1.29, 1.82) is 0 Å². The number of carbonyl (C=O) groups is 1. The summed E-state index contributed by atoms with van der Waals surface area (Å²) < 4.78 is 0. The third-order valence-corrected chi connectivity index (χ3v) is 5.22. The normalized spacial score (nSPS) is 22.5. The molecule has 0 fully saturated rings. The lowest BCUT2D eigenvalue weighted by Crippen LogP contribution is -2.32. The van der Waals surface area contributed by atoms with Crippen LogP contribution in [0.1, 0.15) is 24.5 Å². The first-order valence-corrected chi connectivity index (χ1v) is 8.64. The molecule has 0 heterocycles. The number of benzene rings is 2. The number of halogens is 1. The average Bonchev–Trinajstić information content (AvgIpc) is 2.60. The lowest BCUT2D eigenvalue weighted by atomic mass is 9.68. The van der Waals surface area contributed by atoms with Gasteiger partial charge in [0.15, 0.2) is 0 Å². The number of hydrogen-bond acceptors (Lipinski definition) is 1. The van der Waals surface area contributed by atoms with E-state index < -0.39 is 0 Å². The molecule has 1 aliphatic carbocycles. The second-order valence-electron chi connectivity index (χ2n) is 6.51. The summed E-state index contributed by atoms with van der Waals surface area (Å²) in [6.07, 6.45) is 9.36. The minimum absolute atomic E-state index is 0.153. The van der Waals surface area contributed by atoms with Crippen molar-refractivity contribution in [2.75, 3.05) is 0 Å². The van der Waals surface area contributed by atoms with Gasteiger partial charge in [-0.25, -0.2) is 0 Å². The summed E-state index contributed by atoms with van der Waals surface area (Å²) >= 11 is 6.19. The van der Waals surface area contributed by atoms with Gasteiger partial charge in [-0.3, -0.25) is 4.79 Å². The minimum atomic E-state index is -0.161. The van der Waals surface area contributed by atoms with Gasteiger partial charge in [0.05, 0.1) is 0 Å². The third kappa shape index (κ3) is 3.52. The summed E-state index contributed by atoms with van der Waals surface area (Å²) in [6, 6.07) is 18.0. The molecule has 0 spiro atoms. The largest absolute Gasteiger partial charge is 0.299 e. The fourth-order valence-corrected chi connectivity index (χ4v) is 3.54. The van der Waals surface area contributed by atoms with Crippen molar-refractivity contribution < 1.29 is 4.79 Å². The predicted molar refractivity (Wildman–Crippen MR) is 100 cm³/mol. The summed E-state index contributed by atoms with van der Waals surface area (Å²) in [5.74, 6) is 0.370. The van der Waals surface area contributed by atoms with Crippen LogP contribution in [0.4, 0.5) is 0 Å². The molecule has 0 N–H and O–H groups in total. The van der Waals surface area contributed by atoms with Gasteiger partial charge >= 0.3 is 0 Å². The molecule has 0 bridgehead atoms. The number of Topliss-reactive ketones (excluding diaryl/α,β-unsaturated/α-hetero) is 1. The van der Waals surface area contributed by atoms with E-state index in [0.717, 1.165) is 5.56 Å². The van der Waals surface area contributed by atoms with Crippen LogP contribution in [0.25, 0.3) is 0 Å². The molecule has 3 rings (SSSR count). The van der Waals surface area contributed by atoms with E-state index in [1.807, 2.05) is 36.4 Å². The Balaban J connectivity index is 1.78. The first-order valence-electron chi connectivity index (χ1n) is 8.26. The number of ketones is 1. The SMILES string of the molecule is CC1(c2ccccc2)C=CC=CC1CC(=O)Cc1ccccc1Cl. The Bertz CT molecular complexity index is 776. The number of allylic oxidation sites excluding steroid dienone is 4. The Hall–Kier alpha value is -2.12. The van der Waals surface area contributed by atoms with E-state index in [2.05, 4.69) is 49.4 Å². The van der Waals surface area contributed by atoms with Gasteiger partial charge in [0.2, 0.25) is 0 Å². The minimum Gasteiger partial charge on any atom is -0.299 e. The van der Waals surface area contributed by atoms with E-state index in [4.69, 9.17) is 11.6 Å². The van der Waals surface area contributed by atoms with Crippen LogP contribution in [-0.4, -0.2) is 5.78 Å². The zero-order valence-corrected chi connectivity index (χ0v) is 14.5. The van der Waals surface area contributed by atoms with Crippen molar-refractivity contribution in [1.82, 2.24) is 0 Å². The Morgan fingerprint density at radius 1 is 1.04 bits per heavy atom. The predicted octanol–water partition coefficient (Wildman–Crippen LogP) is 5.54. The van der Waals surface area contributed by atoms with Crippen LogP contribution in [0.15, 0.2) is 78.9 Å². The van der Waals surface area contributed by atoms with Crippen LogP contribution in [-0.2, 0) is 16.6 Å². The molecule has 2 aromatic rings. The van der Waals surface area contributed by atoms with Gasteiger partial charge in [-0.1, -0.05) is 91.4 Å². The number of rotatable bonds is 5. The highest BCUT2D eigenvalue weighted by atomic mass is 35.5. The molecule has 1 aliphatic rings. The van der Waals surface area contributed by atoms with Gasteiger partial charge in [-0.15, -0.1) is 0 Å². The van der Waals surface area contributed by atoms with Crippen LogP contribution < -0.4 is 0 Å². The quantitative estimate of drug-likeness (QED) is 0.700. The molecule has 0 radical (unpaired) electrons. The molecule has 2 atom stereocenters. The molecular weight excluding hydrogens is 316 g/mol. The number of carbonyl (C=O) groups excluding carboxylic acids is 1. The summed E-state index contributed by atoms with van der Waals surface area (Å²) in [5.41, 5.74) is 1.98. The molecule has 24 heavy (non-hydrogen) atoms. The summed E-state index contributed by atoms with van der Waals surface area (Å²) in [5, 5.41) is 0.663. The fraction of sp³-hybridized carbons (Fsp3) is 0.227. The zero-order chi connectivity index (χ0) is 17.0. The summed E-state index contributed by atoms with van der Waals surface area (Å²) in [4.78, 5) is 12.6. The molecule has 0 saturated heterocycles. The Labute approximate surface area is 148 Å². The van der Waals surface area contributed by atoms with Gasteiger partial charge in [0, 0.05) is 23.3 Å². The van der Waals surface area contributed by atoms with Crippen molar-refractivity contribution in [3.63, 3.8) is 0 Å². The van der Waals surface area contributed by atoms with E-state index in [-0.39, 0.29) is 17.1 Å². The maximum Gasteiger partial charge on any atom is 0.137 e. The van der Waals surface area contributed by atoms with Crippen molar-refractivity contribution in [3.8, 4) is 0 Å². The third-order valence-electron chi connectivity index (χ3n) is 4.86. The maximum absolute atomic E-state index is 12.6. The molecule has 2 unspecified atom stereocenters. The smallest absolute Gasteiger partial charge is 0.137 e. The van der Waals surface area contributed by atoms with Gasteiger partial charge in [-0.05, 0) is 23.1 Å². The summed E-state index contributed by atoms with van der Waals surface area (Å²) in [7, 11) is 0. The molecule has 0 aliphatic heterocycles. The molecule has 1 nitrogen and oxygen atoms in total. The number of hydrogen-bond donors (Lipinski definition) is 0. The molecule has 0 saturated carbocycles. The Morgan fingerprint density at radius 2 is 1.75 bits per heavy atom. The average molecular weight is 337 g/mol. The van der Waals surface area contributed by atoms with Crippen LogP contribution in [0.3, 0.4) is 0 Å².